The summed E-state index contributed by atoms with van der Waals surface area (Å²) in [6.07, 6.45) is 0. The van der Waals surface area contributed by atoms with Crippen molar-refractivity contribution in [1.82, 2.24) is 10.1 Å². The van der Waals surface area contributed by atoms with E-state index >= 15 is 0 Å². The van der Waals surface area contributed by atoms with Gasteiger partial charge in [0.05, 0.1) is 17.7 Å². The zero-order valence-corrected chi connectivity index (χ0v) is 13.5. The van der Waals surface area contributed by atoms with E-state index in [4.69, 9.17) is 19.1 Å². The SMILES string of the molecule is CCOc1ccccc1-c1noc(-c2ccccc2OCC(=O)O)n1. The van der Waals surface area contributed by atoms with Crippen molar-refractivity contribution in [2.24, 2.45) is 0 Å². The van der Waals surface area contributed by atoms with Crippen LogP contribution in [0.25, 0.3) is 22.8 Å². The number of rotatable bonds is 7. The van der Waals surface area contributed by atoms with Crippen molar-refractivity contribution in [3.63, 3.8) is 0 Å². The van der Waals surface area contributed by atoms with E-state index in [0.717, 1.165) is 0 Å². The van der Waals surface area contributed by atoms with Crippen molar-refractivity contribution < 1.29 is 23.9 Å². The lowest BCUT2D eigenvalue weighted by atomic mass is 10.2. The van der Waals surface area contributed by atoms with Gasteiger partial charge in [0.15, 0.2) is 6.61 Å². The summed E-state index contributed by atoms with van der Waals surface area (Å²) in [6, 6.07) is 14.3. The molecule has 25 heavy (non-hydrogen) atoms. The Labute approximate surface area is 143 Å². The van der Waals surface area contributed by atoms with Crippen LogP contribution in [0.4, 0.5) is 0 Å². The van der Waals surface area contributed by atoms with E-state index in [9.17, 15) is 4.79 Å². The molecule has 1 heterocycles. The average molecular weight is 340 g/mol. The number of nitrogens with zero attached hydrogens (tertiary/aromatic N) is 2. The van der Waals surface area contributed by atoms with Crippen molar-refractivity contribution >= 4 is 5.97 Å². The maximum atomic E-state index is 10.7. The highest BCUT2D eigenvalue weighted by molar-refractivity contribution is 5.70. The quantitative estimate of drug-likeness (QED) is 0.705. The second kappa shape index (κ2) is 7.48. The molecule has 0 unspecified atom stereocenters. The Morgan fingerprint density at radius 1 is 1.04 bits per heavy atom. The first kappa shape index (κ1) is 16.5. The number of carboxylic acid groups (broad SMARTS) is 1. The first-order valence-electron chi connectivity index (χ1n) is 7.69. The van der Waals surface area contributed by atoms with Gasteiger partial charge in [-0.15, -0.1) is 0 Å². The molecule has 3 rings (SSSR count). The van der Waals surface area contributed by atoms with E-state index in [1.807, 2.05) is 31.2 Å². The minimum Gasteiger partial charge on any atom is -0.493 e. The van der Waals surface area contributed by atoms with Gasteiger partial charge in [-0.1, -0.05) is 29.4 Å². The molecule has 0 atom stereocenters. The topological polar surface area (TPSA) is 94.7 Å². The molecule has 1 aromatic heterocycles. The Balaban J connectivity index is 1.94. The van der Waals surface area contributed by atoms with E-state index in [1.54, 1.807) is 24.3 Å². The number of para-hydroxylation sites is 2. The first-order valence-corrected chi connectivity index (χ1v) is 7.69. The second-order valence-electron chi connectivity index (χ2n) is 5.03. The largest absolute Gasteiger partial charge is 0.493 e. The summed E-state index contributed by atoms with van der Waals surface area (Å²) in [4.78, 5) is 15.1. The maximum absolute atomic E-state index is 10.7. The predicted molar refractivity (Wildman–Crippen MR) is 89.5 cm³/mol. The minimum absolute atomic E-state index is 0.238. The molecule has 0 saturated carbocycles. The van der Waals surface area contributed by atoms with Gasteiger partial charge in [0.1, 0.15) is 11.5 Å². The number of hydrogen-bond acceptors (Lipinski definition) is 6. The molecule has 7 heteroatoms. The molecule has 3 aromatic rings. The van der Waals surface area contributed by atoms with Gasteiger partial charge in [-0.05, 0) is 31.2 Å². The number of ether oxygens (including phenoxy) is 2. The van der Waals surface area contributed by atoms with E-state index in [0.29, 0.717) is 35.1 Å². The molecule has 0 aliphatic heterocycles. The lowest BCUT2D eigenvalue weighted by Crippen LogP contribution is -2.09. The second-order valence-corrected chi connectivity index (χ2v) is 5.03. The van der Waals surface area contributed by atoms with Gasteiger partial charge in [0, 0.05) is 0 Å². The lowest BCUT2D eigenvalue weighted by molar-refractivity contribution is -0.139. The molecule has 1 N–H and O–H groups in total. The Morgan fingerprint density at radius 3 is 2.36 bits per heavy atom. The fourth-order valence-corrected chi connectivity index (χ4v) is 2.28. The number of benzene rings is 2. The normalized spacial score (nSPS) is 10.4. The Bertz CT molecular complexity index is 875. The van der Waals surface area contributed by atoms with Crippen LogP contribution in [0, 0.1) is 0 Å². The van der Waals surface area contributed by atoms with E-state index < -0.39 is 12.6 Å². The lowest BCUT2D eigenvalue weighted by Gasteiger charge is -2.07. The monoisotopic (exact) mass is 340 g/mol. The highest BCUT2D eigenvalue weighted by Gasteiger charge is 2.17. The molecular weight excluding hydrogens is 324 g/mol. The van der Waals surface area contributed by atoms with Gasteiger partial charge >= 0.3 is 5.97 Å². The molecular formula is C18H16N2O5. The van der Waals surface area contributed by atoms with Crippen molar-refractivity contribution in [2.45, 2.75) is 6.92 Å². The summed E-state index contributed by atoms with van der Waals surface area (Å²) in [5.74, 6) is 0.576. The molecule has 0 spiro atoms. The van der Waals surface area contributed by atoms with Crippen molar-refractivity contribution in [1.29, 1.82) is 0 Å². The number of carbonyl (C=O) groups is 1. The Kier molecular flexibility index (Phi) is 4.94. The van der Waals surface area contributed by atoms with Crippen LogP contribution in [-0.2, 0) is 4.79 Å². The summed E-state index contributed by atoms with van der Waals surface area (Å²) >= 11 is 0. The van der Waals surface area contributed by atoms with E-state index in [2.05, 4.69) is 10.1 Å². The highest BCUT2D eigenvalue weighted by atomic mass is 16.5. The van der Waals surface area contributed by atoms with Gasteiger partial charge in [-0.3, -0.25) is 0 Å². The van der Waals surface area contributed by atoms with Crippen molar-refractivity contribution in [3.8, 4) is 34.3 Å². The predicted octanol–water partition coefficient (Wildman–Crippen LogP) is 3.27. The van der Waals surface area contributed by atoms with Gasteiger partial charge < -0.3 is 19.1 Å². The zero-order valence-electron chi connectivity index (χ0n) is 13.5. The van der Waals surface area contributed by atoms with Crippen LogP contribution in [0.5, 0.6) is 11.5 Å². The third kappa shape index (κ3) is 3.77. The van der Waals surface area contributed by atoms with Gasteiger partial charge in [-0.25, -0.2) is 4.79 Å². The molecule has 0 bridgehead atoms. The highest BCUT2D eigenvalue weighted by Crippen LogP contribution is 2.32. The Hall–Kier alpha value is -3.35. The summed E-state index contributed by atoms with van der Waals surface area (Å²) in [7, 11) is 0. The van der Waals surface area contributed by atoms with Crippen LogP contribution < -0.4 is 9.47 Å². The summed E-state index contributed by atoms with van der Waals surface area (Å²) in [5.41, 5.74) is 1.24. The standard InChI is InChI=1S/C18H16N2O5/c1-2-23-14-9-5-3-7-12(14)17-19-18(25-20-17)13-8-4-6-10-15(13)24-11-16(21)22/h3-10H,2,11H2,1H3,(H,21,22). The number of hydrogen-bond donors (Lipinski definition) is 1. The van der Waals surface area contributed by atoms with E-state index in [1.165, 1.54) is 0 Å². The van der Waals surface area contributed by atoms with E-state index in [-0.39, 0.29) is 5.89 Å². The van der Waals surface area contributed by atoms with Crippen LogP contribution in [0.1, 0.15) is 6.92 Å². The zero-order chi connectivity index (χ0) is 17.6. The van der Waals surface area contributed by atoms with Crippen molar-refractivity contribution in [3.05, 3.63) is 48.5 Å². The fraction of sp³-hybridized carbons (Fsp3) is 0.167. The molecule has 0 saturated heterocycles. The molecule has 0 aliphatic carbocycles. The summed E-state index contributed by atoms with van der Waals surface area (Å²) < 4.78 is 16.2. The van der Waals surface area contributed by atoms with Crippen LogP contribution in [0.3, 0.4) is 0 Å². The smallest absolute Gasteiger partial charge is 0.341 e. The van der Waals surface area contributed by atoms with Gasteiger partial charge in [0.25, 0.3) is 5.89 Å². The molecule has 2 aromatic carbocycles. The Morgan fingerprint density at radius 2 is 1.68 bits per heavy atom. The molecule has 0 radical (unpaired) electrons. The summed E-state index contributed by atoms with van der Waals surface area (Å²) in [5, 5.41) is 12.8. The first-order chi connectivity index (χ1) is 12.2. The van der Waals surface area contributed by atoms with Gasteiger partial charge in [0.2, 0.25) is 5.82 Å². The van der Waals surface area contributed by atoms with Crippen molar-refractivity contribution in [2.75, 3.05) is 13.2 Å². The molecule has 0 amide bonds. The van der Waals surface area contributed by atoms with Crippen LogP contribution in [0.2, 0.25) is 0 Å². The molecule has 128 valence electrons. The molecule has 0 fully saturated rings. The minimum atomic E-state index is -1.06. The third-order valence-electron chi connectivity index (χ3n) is 3.32. The van der Waals surface area contributed by atoms with Crippen LogP contribution in [-0.4, -0.2) is 34.4 Å². The number of aromatic nitrogens is 2. The van der Waals surface area contributed by atoms with Crippen LogP contribution in [0.15, 0.2) is 53.1 Å². The average Bonchev–Trinajstić information content (AvgIpc) is 3.11. The third-order valence-corrected chi connectivity index (χ3v) is 3.32. The summed E-state index contributed by atoms with van der Waals surface area (Å²) in [6.45, 7) is 1.97. The number of aliphatic carboxylic acids is 1. The fourth-order valence-electron chi connectivity index (χ4n) is 2.28. The van der Waals surface area contributed by atoms with Crippen LogP contribution >= 0.6 is 0 Å². The van der Waals surface area contributed by atoms with Gasteiger partial charge in [-0.2, -0.15) is 4.98 Å². The number of carboxylic acids is 1. The maximum Gasteiger partial charge on any atom is 0.341 e. The molecule has 0 aliphatic rings. The molecule has 7 nitrogen and oxygen atoms in total.